The first kappa shape index (κ1) is 18.4. The third kappa shape index (κ3) is 3.25. The molecule has 1 saturated carbocycles. The minimum Gasteiger partial charge on any atom is -0.318 e. The number of piperidine rings is 1. The predicted molar refractivity (Wildman–Crippen MR) is 94.4 cm³/mol. The number of carbonyl (C=O) groups is 1. The first-order valence-electron chi connectivity index (χ1n) is 9.13. The van der Waals surface area contributed by atoms with Crippen LogP contribution in [0.25, 0.3) is 0 Å². The molecule has 2 aliphatic heterocycles. The first-order valence-corrected chi connectivity index (χ1v) is 9.51. The van der Waals surface area contributed by atoms with Gasteiger partial charge in [-0.2, -0.15) is 18.4 Å². The Balaban J connectivity index is 1.43. The van der Waals surface area contributed by atoms with Crippen LogP contribution in [0, 0.1) is 23.2 Å². The zero-order chi connectivity index (χ0) is 19.3. The predicted octanol–water partition coefficient (Wildman–Crippen LogP) is 5.30. The highest BCUT2D eigenvalue weighted by Gasteiger charge is 2.54. The number of hydrogen-bond acceptors (Lipinski definition) is 2. The Hall–Kier alpha value is -1.94. The van der Waals surface area contributed by atoms with E-state index in [1.807, 2.05) is 0 Å². The topological polar surface area (TPSA) is 56.1 Å². The number of nitrogens with one attached hydrogen (secondary N) is 1. The van der Waals surface area contributed by atoms with Crippen LogP contribution >= 0.6 is 11.6 Å². The zero-order valence-electron chi connectivity index (χ0n) is 14.5. The summed E-state index contributed by atoms with van der Waals surface area (Å²) in [5.41, 5.74) is 1.40. The number of fused-ring (bicyclic) bond motifs is 2. The van der Waals surface area contributed by atoms with E-state index in [0.29, 0.717) is 17.1 Å². The van der Waals surface area contributed by atoms with Gasteiger partial charge in [-0.1, -0.05) is 11.6 Å². The normalized spacial score (nSPS) is 32.1. The highest BCUT2D eigenvalue weighted by molar-refractivity contribution is 6.31. The van der Waals surface area contributed by atoms with Crippen LogP contribution in [0.2, 0.25) is 5.02 Å². The summed E-state index contributed by atoms with van der Waals surface area (Å²) in [6.07, 6.45) is -1.88. The Morgan fingerprint density at radius 1 is 1.22 bits per heavy atom. The molecule has 144 valence electrons. The fourth-order valence-corrected chi connectivity index (χ4v) is 4.85. The van der Waals surface area contributed by atoms with Crippen molar-refractivity contribution >= 4 is 23.3 Å². The van der Waals surface area contributed by atoms with Crippen LogP contribution in [-0.2, 0) is 0 Å². The van der Waals surface area contributed by atoms with Gasteiger partial charge in [0.05, 0.1) is 17.9 Å². The summed E-state index contributed by atoms with van der Waals surface area (Å²) in [5, 5.41) is 12.5. The largest absolute Gasteiger partial charge is 0.391 e. The van der Waals surface area contributed by atoms with Crippen molar-refractivity contribution in [3.05, 3.63) is 28.8 Å². The molecule has 3 aliphatic rings. The van der Waals surface area contributed by atoms with Gasteiger partial charge < -0.3 is 10.2 Å². The lowest BCUT2D eigenvalue weighted by Crippen LogP contribution is -2.65. The van der Waals surface area contributed by atoms with Crippen molar-refractivity contribution in [1.82, 2.24) is 4.90 Å². The van der Waals surface area contributed by atoms with Crippen LogP contribution in [0.3, 0.4) is 0 Å². The van der Waals surface area contributed by atoms with Crippen molar-refractivity contribution in [1.29, 1.82) is 5.26 Å². The summed E-state index contributed by atoms with van der Waals surface area (Å²) in [5.74, 6) is -1.31. The van der Waals surface area contributed by atoms with E-state index in [9.17, 15) is 18.0 Å². The second-order valence-corrected chi connectivity index (χ2v) is 8.15. The van der Waals surface area contributed by atoms with E-state index < -0.39 is 12.1 Å². The molecule has 2 saturated heterocycles. The standard InChI is InChI=1S/C19H19ClF3N3O/c20-17-4-2-12(7-16(17)15-3-1-10(15)9-24)25-18(27)26-13-5-11(19(21,22)23)6-14(26)8-13/h2,4,7,10-11,13-15H,1,3,5-6,8H2,(H,25,27)/t10-,11?,13+,14?,15-/m0/s1. The Kier molecular flexibility index (Phi) is 4.50. The van der Waals surface area contributed by atoms with Gasteiger partial charge in [0.2, 0.25) is 0 Å². The molecule has 2 bridgehead atoms. The molecule has 27 heavy (non-hydrogen) atoms. The van der Waals surface area contributed by atoms with Crippen molar-refractivity contribution in [3.8, 4) is 6.07 Å². The molecule has 0 spiro atoms. The second kappa shape index (κ2) is 6.59. The highest BCUT2D eigenvalue weighted by Crippen LogP contribution is 2.48. The van der Waals surface area contributed by atoms with Gasteiger partial charge in [-0.3, -0.25) is 0 Å². The minimum absolute atomic E-state index is 0.0226. The summed E-state index contributed by atoms with van der Waals surface area (Å²) in [6, 6.07) is 6.35. The molecule has 1 aliphatic carbocycles. The van der Waals surface area contributed by atoms with Crippen LogP contribution < -0.4 is 5.32 Å². The molecule has 0 aromatic heterocycles. The number of nitrogens with zero attached hydrogens (tertiary/aromatic N) is 2. The molecular weight excluding hydrogens is 379 g/mol. The van der Waals surface area contributed by atoms with Gasteiger partial charge in [0.1, 0.15) is 0 Å². The van der Waals surface area contributed by atoms with E-state index in [2.05, 4.69) is 11.4 Å². The summed E-state index contributed by atoms with van der Waals surface area (Å²) in [4.78, 5) is 14.1. The maximum atomic E-state index is 12.9. The molecule has 1 aromatic rings. The molecule has 3 fully saturated rings. The Bertz CT molecular complexity index is 794. The molecule has 0 radical (unpaired) electrons. The molecule has 5 atom stereocenters. The van der Waals surface area contributed by atoms with Crippen molar-refractivity contribution in [2.24, 2.45) is 11.8 Å². The van der Waals surface area contributed by atoms with Crippen molar-refractivity contribution in [2.75, 3.05) is 5.32 Å². The van der Waals surface area contributed by atoms with Gasteiger partial charge in [0.15, 0.2) is 0 Å². The molecule has 2 amide bonds. The van der Waals surface area contributed by atoms with E-state index in [4.69, 9.17) is 16.9 Å². The van der Waals surface area contributed by atoms with E-state index in [1.54, 1.807) is 18.2 Å². The lowest BCUT2D eigenvalue weighted by molar-refractivity contribution is -0.205. The monoisotopic (exact) mass is 397 g/mol. The number of amides is 2. The first-order chi connectivity index (χ1) is 12.8. The lowest BCUT2D eigenvalue weighted by Gasteiger charge is -2.55. The maximum absolute atomic E-state index is 12.9. The number of urea groups is 1. The molecule has 4 nitrogen and oxygen atoms in total. The molecular formula is C19H19ClF3N3O. The van der Waals surface area contributed by atoms with Crippen molar-refractivity contribution < 1.29 is 18.0 Å². The van der Waals surface area contributed by atoms with E-state index in [0.717, 1.165) is 18.4 Å². The maximum Gasteiger partial charge on any atom is 0.391 e. The number of carbonyl (C=O) groups excluding carboxylic acids is 1. The van der Waals surface area contributed by atoms with Gasteiger partial charge in [-0.25, -0.2) is 4.79 Å². The lowest BCUT2D eigenvalue weighted by atomic mass is 9.71. The number of rotatable bonds is 2. The Labute approximate surface area is 160 Å². The highest BCUT2D eigenvalue weighted by atomic mass is 35.5. The molecule has 4 rings (SSSR count). The van der Waals surface area contributed by atoms with Crippen LogP contribution in [0.15, 0.2) is 18.2 Å². The fourth-order valence-electron chi connectivity index (χ4n) is 4.59. The fraction of sp³-hybridized carbons (Fsp3) is 0.579. The summed E-state index contributed by atoms with van der Waals surface area (Å²) < 4.78 is 38.7. The minimum atomic E-state index is -4.19. The van der Waals surface area contributed by atoms with Crippen molar-refractivity contribution in [2.45, 2.75) is 56.3 Å². The van der Waals surface area contributed by atoms with Gasteiger partial charge >= 0.3 is 12.2 Å². The molecule has 1 aromatic carbocycles. The number of benzene rings is 1. The number of anilines is 1. The average molecular weight is 398 g/mol. The number of alkyl halides is 3. The summed E-state index contributed by atoms with van der Waals surface area (Å²) in [6.45, 7) is 0. The number of hydrogen-bond donors (Lipinski definition) is 1. The van der Waals surface area contributed by atoms with Crippen molar-refractivity contribution in [3.63, 3.8) is 0 Å². The van der Waals surface area contributed by atoms with Gasteiger partial charge in [0, 0.05) is 28.7 Å². The van der Waals surface area contributed by atoms with E-state index >= 15 is 0 Å². The van der Waals surface area contributed by atoms with E-state index in [-0.39, 0.29) is 42.8 Å². The van der Waals surface area contributed by atoms with Gasteiger partial charge in [-0.05, 0) is 55.9 Å². The quantitative estimate of drug-likeness (QED) is 0.735. The SMILES string of the molecule is N#C[C@@H]1CC[C@@H]1c1cc(NC(=O)N2C3CC(C(F)(F)F)C[C@@H]2C3)ccc1Cl. The molecule has 2 unspecified atom stereocenters. The third-order valence-corrected chi connectivity index (χ3v) is 6.57. The zero-order valence-corrected chi connectivity index (χ0v) is 15.2. The van der Waals surface area contributed by atoms with Gasteiger partial charge in [-0.15, -0.1) is 0 Å². The second-order valence-electron chi connectivity index (χ2n) is 7.75. The molecule has 1 N–H and O–H groups in total. The van der Waals surface area contributed by atoms with Gasteiger partial charge in [0.25, 0.3) is 0 Å². The number of nitriles is 1. The van der Waals surface area contributed by atoms with Crippen LogP contribution in [-0.4, -0.2) is 29.2 Å². The number of halogens is 4. The average Bonchev–Trinajstić information content (AvgIpc) is 2.56. The smallest absolute Gasteiger partial charge is 0.318 e. The van der Waals surface area contributed by atoms with Crippen LogP contribution in [0.1, 0.15) is 43.6 Å². The van der Waals surface area contributed by atoms with E-state index in [1.165, 1.54) is 4.90 Å². The summed E-state index contributed by atoms with van der Waals surface area (Å²) >= 11 is 6.26. The Morgan fingerprint density at radius 2 is 1.93 bits per heavy atom. The van der Waals surface area contributed by atoms with Crippen LogP contribution in [0.4, 0.5) is 23.7 Å². The third-order valence-electron chi connectivity index (χ3n) is 6.23. The molecule has 2 heterocycles. The Morgan fingerprint density at radius 3 is 2.48 bits per heavy atom. The molecule has 8 heteroatoms. The van der Waals surface area contributed by atoms with Crippen LogP contribution in [0.5, 0.6) is 0 Å². The summed E-state index contributed by atoms with van der Waals surface area (Å²) in [7, 11) is 0.